The van der Waals surface area contributed by atoms with E-state index in [0.29, 0.717) is 0 Å². The zero-order valence-electron chi connectivity index (χ0n) is 82.3. The number of para-hydroxylation sites is 10. The number of benzene rings is 27. The Bertz CT molecular complexity index is 10200. The highest BCUT2D eigenvalue weighted by atomic mass is 15.2. The summed E-state index contributed by atoms with van der Waals surface area (Å²) in [5, 5.41) is 31.0. The summed E-state index contributed by atoms with van der Waals surface area (Å²) in [6, 6.07) is 191. The van der Waals surface area contributed by atoms with Gasteiger partial charge in [0, 0.05) is 117 Å². The number of hydrogen-bond acceptors (Lipinski definition) is 3. The molecule has 0 saturated carbocycles. The largest absolute Gasteiger partial charge is 0.311 e. The molecule has 0 unspecified atom stereocenters. The van der Waals surface area contributed by atoms with Gasteiger partial charge in [0.25, 0.3) is 0 Å². The van der Waals surface area contributed by atoms with Crippen LogP contribution in [-0.2, 0) is 0 Å². The highest BCUT2D eigenvalue weighted by Gasteiger charge is 2.28. The summed E-state index contributed by atoms with van der Waals surface area (Å²) in [5.41, 5.74) is 33.8. The molecule has 3 aromatic heterocycles. The zero-order valence-corrected chi connectivity index (χ0v) is 82.3. The van der Waals surface area contributed by atoms with Crippen LogP contribution in [0.4, 0.5) is 51.2 Å². The molecule has 30 aromatic rings. The molecule has 0 aliphatic rings. The van der Waals surface area contributed by atoms with E-state index in [0.717, 1.165) is 39.8 Å². The number of rotatable bonds is 15. The molecule has 27 aromatic carbocycles. The van der Waals surface area contributed by atoms with E-state index in [1.807, 2.05) is 0 Å². The van der Waals surface area contributed by atoms with E-state index in [-0.39, 0.29) is 0 Å². The van der Waals surface area contributed by atoms with Gasteiger partial charge in [0.15, 0.2) is 0 Å². The van der Waals surface area contributed by atoms with Crippen molar-refractivity contribution in [2.75, 3.05) is 14.7 Å². The van der Waals surface area contributed by atoms with Gasteiger partial charge in [-0.3, -0.25) is 0 Å². The van der Waals surface area contributed by atoms with Gasteiger partial charge in [0.05, 0.1) is 33.1 Å². The van der Waals surface area contributed by atoms with Crippen LogP contribution in [0.15, 0.2) is 522 Å². The van der Waals surface area contributed by atoms with E-state index in [1.54, 1.807) is 0 Å². The number of aromatic nitrogens is 3. The molecule has 0 atom stereocenters. The predicted octanol–water partition coefficient (Wildman–Crippen LogP) is 39.7. The first-order valence-corrected chi connectivity index (χ1v) is 51.3. The third-order valence-electron chi connectivity index (χ3n) is 30.9. The Morgan fingerprint density at radius 3 is 0.689 bits per heavy atom. The standard InChI is InChI=1S/2C48H34N2.C46H30N2/c1-31-12-6-9-17-43(31)49(44-18-10-7-13-32(44)2)37-25-22-33(23-26-37)38-27-24-34-20-21-35-30-42-39-16-8-11-19-45(39)50(36-14-4-3-5-15-36)48(42)41-29-28-40(38)46(34)47(35)41;1-31-12-21-37(22-13-31)49(38-23-14-32(2)15-24-38)39-25-18-33(19-26-39)40-27-20-34-16-17-35-30-44-41-10-6-7-11-45(41)50(36-8-4-3-5-9-36)48(44)43-29-28-42(40)46(34)47(35)43;1-4-12-34(13-5-1)47(35-14-6-2-7-15-35)37-25-22-31(23-26-37)38-27-24-32-20-21-33-30-42-39-18-10-11-19-43(39)48(36-16-8-3-9-17-36)46(42)41-29-28-40(38)44(32)45(33)41/h2*3-30H,1-2H3;1-30H. The van der Waals surface area contributed by atoms with Crippen LogP contribution < -0.4 is 14.7 Å². The molecular formula is C142H98N6. The first-order chi connectivity index (χ1) is 73.1. The lowest BCUT2D eigenvalue weighted by Gasteiger charge is -2.28. The van der Waals surface area contributed by atoms with Crippen molar-refractivity contribution >= 4 is 214 Å². The van der Waals surface area contributed by atoms with Gasteiger partial charge in [-0.1, -0.05) is 363 Å². The Labute approximate surface area is 857 Å². The molecule has 0 amide bonds. The fourth-order valence-corrected chi connectivity index (χ4v) is 24.1. The van der Waals surface area contributed by atoms with E-state index >= 15 is 0 Å². The van der Waals surface area contributed by atoms with Crippen LogP contribution >= 0.6 is 0 Å². The van der Waals surface area contributed by atoms with Crippen LogP contribution in [0.1, 0.15) is 22.3 Å². The molecule has 3 heterocycles. The second-order valence-electron chi connectivity index (χ2n) is 39.6. The zero-order chi connectivity index (χ0) is 98.3. The normalized spacial score (nSPS) is 11.8. The summed E-state index contributed by atoms with van der Waals surface area (Å²) >= 11 is 0. The summed E-state index contributed by atoms with van der Waals surface area (Å²) in [4.78, 5) is 7.03. The Morgan fingerprint density at radius 2 is 0.385 bits per heavy atom. The lowest BCUT2D eigenvalue weighted by Crippen LogP contribution is -2.12. The Balaban J connectivity index is 0.000000107. The fraction of sp³-hybridized carbons (Fsp3) is 0.0282. The molecule has 0 radical (unpaired) electrons. The summed E-state index contributed by atoms with van der Waals surface area (Å²) in [7, 11) is 0. The van der Waals surface area contributed by atoms with Crippen LogP contribution in [-0.4, -0.2) is 13.7 Å². The molecule has 0 bridgehead atoms. The van der Waals surface area contributed by atoms with Crippen molar-refractivity contribution in [3.05, 3.63) is 544 Å². The summed E-state index contributed by atoms with van der Waals surface area (Å²) in [5.74, 6) is 0. The second-order valence-corrected chi connectivity index (χ2v) is 39.6. The minimum Gasteiger partial charge on any atom is -0.311 e. The topological polar surface area (TPSA) is 24.5 Å². The lowest BCUT2D eigenvalue weighted by atomic mass is 9.89. The number of nitrogens with zero attached hydrogens (tertiary/aromatic N) is 6. The molecule has 0 spiro atoms. The number of aryl methyl sites for hydroxylation is 4. The van der Waals surface area contributed by atoms with Crippen LogP contribution in [0.5, 0.6) is 0 Å². The molecule has 0 fully saturated rings. The van der Waals surface area contributed by atoms with E-state index in [2.05, 4.69) is 578 Å². The van der Waals surface area contributed by atoms with Crippen LogP contribution in [0.2, 0.25) is 0 Å². The fourth-order valence-electron chi connectivity index (χ4n) is 24.1. The third kappa shape index (κ3) is 14.3. The predicted molar refractivity (Wildman–Crippen MR) is 633 cm³/mol. The van der Waals surface area contributed by atoms with Crippen molar-refractivity contribution in [2.45, 2.75) is 27.7 Å². The van der Waals surface area contributed by atoms with Gasteiger partial charge in [-0.2, -0.15) is 0 Å². The first-order valence-electron chi connectivity index (χ1n) is 51.3. The van der Waals surface area contributed by atoms with Crippen molar-refractivity contribution in [1.82, 2.24) is 13.7 Å². The minimum atomic E-state index is 1.13. The van der Waals surface area contributed by atoms with Crippen molar-refractivity contribution in [2.24, 2.45) is 0 Å². The summed E-state index contributed by atoms with van der Waals surface area (Å²) in [6.07, 6.45) is 0. The molecule has 0 N–H and O–H groups in total. The molecule has 0 saturated heterocycles. The van der Waals surface area contributed by atoms with Gasteiger partial charge in [-0.15, -0.1) is 0 Å². The maximum atomic E-state index is 2.45. The second kappa shape index (κ2) is 35.5. The Morgan fingerprint density at radius 1 is 0.155 bits per heavy atom. The van der Waals surface area contributed by atoms with Crippen LogP contribution in [0, 0.1) is 27.7 Å². The summed E-state index contributed by atoms with van der Waals surface area (Å²) < 4.78 is 7.34. The van der Waals surface area contributed by atoms with Crippen molar-refractivity contribution < 1.29 is 0 Å². The van der Waals surface area contributed by atoms with Crippen molar-refractivity contribution in [1.29, 1.82) is 0 Å². The molecule has 30 rings (SSSR count). The molecular weight excluding hydrogens is 1790 g/mol. The van der Waals surface area contributed by atoms with Gasteiger partial charge < -0.3 is 28.4 Å². The SMILES string of the molecule is Cc1ccc(N(c2ccc(C)cc2)c2ccc(-c3ccc4ccc5cc6c7ccccc7n(-c7ccccc7)c6c6ccc3c4c56)cc2)cc1.Cc1ccccc1N(c1ccc(-c2ccc3ccc4cc5c6ccccc6n(-c6ccccc6)c5c5ccc2c3c45)cc1)c1ccccc1C.c1ccc(N(c2ccccc2)c2ccc(-c3ccc4ccc5cc6c7ccccc7n(-c7ccccc7)c6c6ccc3c4c56)cc2)cc1. The van der Waals surface area contributed by atoms with E-state index < -0.39 is 0 Å². The number of fused-ring (bicyclic) bond motifs is 12. The quantitative estimate of drug-likeness (QED) is 0.0956. The van der Waals surface area contributed by atoms with Gasteiger partial charge in [-0.25, -0.2) is 0 Å². The molecule has 6 nitrogen and oxygen atoms in total. The molecule has 6 heteroatoms. The smallest absolute Gasteiger partial charge is 0.0620 e. The minimum absolute atomic E-state index is 1.13. The van der Waals surface area contributed by atoms with Gasteiger partial charge in [-0.05, 0) is 323 Å². The van der Waals surface area contributed by atoms with Gasteiger partial charge >= 0.3 is 0 Å². The van der Waals surface area contributed by atoms with Crippen LogP contribution in [0.3, 0.4) is 0 Å². The monoisotopic (exact) mass is 1890 g/mol. The average Bonchev–Trinajstić information content (AvgIpc) is 1.41. The van der Waals surface area contributed by atoms with Gasteiger partial charge in [0.2, 0.25) is 0 Å². The number of hydrogen-bond donors (Lipinski definition) is 0. The van der Waals surface area contributed by atoms with E-state index in [1.165, 1.54) is 246 Å². The Kier molecular flexibility index (Phi) is 20.8. The molecule has 148 heavy (non-hydrogen) atoms. The third-order valence-corrected chi connectivity index (χ3v) is 30.9. The highest BCUT2D eigenvalue weighted by molar-refractivity contribution is 6.36. The maximum Gasteiger partial charge on any atom is 0.0620 e. The average molecular weight is 1890 g/mol. The lowest BCUT2D eigenvalue weighted by molar-refractivity contribution is 1.19. The maximum absolute atomic E-state index is 2.45. The first kappa shape index (κ1) is 86.7. The highest BCUT2D eigenvalue weighted by Crippen LogP contribution is 2.52. The van der Waals surface area contributed by atoms with E-state index in [4.69, 9.17) is 0 Å². The van der Waals surface area contributed by atoms with Crippen LogP contribution in [0.25, 0.3) is 213 Å². The molecule has 0 aliphatic carbocycles. The van der Waals surface area contributed by atoms with Crippen molar-refractivity contribution in [3.8, 4) is 50.4 Å². The molecule has 696 valence electrons. The summed E-state index contributed by atoms with van der Waals surface area (Å²) in [6.45, 7) is 8.65. The molecule has 0 aliphatic heterocycles. The Hall–Kier alpha value is -19.1. The van der Waals surface area contributed by atoms with Crippen molar-refractivity contribution in [3.63, 3.8) is 0 Å². The van der Waals surface area contributed by atoms with E-state index in [9.17, 15) is 0 Å². The number of anilines is 9. The van der Waals surface area contributed by atoms with Gasteiger partial charge in [0.1, 0.15) is 0 Å².